The van der Waals surface area contributed by atoms with Crippen molar-refractivity contribution in [3.05, 3.63) is 146 Å². The number of hydrogen-bond acceptors (Lipinski definition) is 3. The smallest absolute Gasteiger partial charge is 0.136 e. The number of fused-ring (bicyclic) bond motifs is 6. The van der Waals surface area contributed by atoms with Gasteiger partial charge in [-0.05, 0) is 92.0 Å². The predicted octanol–water partition coefficient (Wildman–Crippen LogP) is 10.8. The molecule has 3 nitrogen and oxygen atoms in total. The van der Waals surface area contributed by atoms with Crippen LogP contribution in [0.4, 0.5) is 0 Å². The molecule has 0 bridgehead atoms. The van der Waals surface area contributed by atoms with Crippen molar-refractivity contribution in [1.29, 1.82) is 0 Å². The zero-order chi connectivity index (χ0) is 28.3. The SMILES string of the molecule is c1cncc(-c2cccc(-c3c4ccccc4c(-c4ccc5oc6cc7ccccc7cc6c5c4)c4ccccc34)n2)c1. The van der Waals surface area contributed by atoms with Crippen LogP contribution in [-0.4, -0.2) is 9.97 Å². The first kappa shape index (κ1) is 23.9. The van der Waals surface area contributed by atoms with Gasteiger partial charge in [0.05, 0.1) is 11.4 Å². The van der Waals surface area contributed by atoms with Crippen molar-refractivity contribution in [2.24, 2.45) is 0 Å². The molecule has 0 fully saturated rings. The second-order valence-electron chi connectivity index (χ2n) is 11.0. The number of furan rings is 1. The van der Waals surface area contributed by atoms with E-state index in [0.29, 0.717) is 0 Å². The van der Waals surface area contributed by atoms with E-state index in [0.717, 1.165) is 44.5 Å². The van der Waals surface area contributed by atoms with Crippen LogP contribution in [0.1, 0.15) is 0 Å². The van der Waals surface area contributed by atoms with Crippen LogP contribution in [0.3, 0.4) is 0 Å². The average molecular weight is 549 g/mol. The minimum absolute atomic E-state index is 0.899. The van der Waals surface area contributed by atoms with Crippen molar-refractivity contribution in [3.8, 4) is 33.6 Å². The normalized spacial score (nSPS) is 11.7. The van der Waals surface area contributed by atoms with Gasteiger partial charge in [0.2, 0.25) is 0 Å². The Morgan fingerprint density at radius 3 is 1.79 bits per heavy atom. The van der Waals surface area contributed by atoms with E-state index in [4.69, 9.17) is 9.40 Å². The van der Waals surface area contributed by atoms with E-state index in [1.165, 1.54) is 43.4 Å². The second-order valence-corrected chi connectivity index (χ2v) is 11.0. The summed E-state index contributed by atoms with van der Waals surface area (Å²) < 4.78 is 6.34. The molecule has 0 atom stereocenters. The maximum Gasteiger partial charge on any atom is 0.136 e. The number of aromatic nitrogens is 2. The molecule has 3 heterocycles. The predicted molar refractivity (Wildman–Crippen MR) is 178 cm³/mol. The van der Waals surface area contributed by atoms with Crippen molar-refractivity contribution < 1.29 is 4.42 Å². The monoisotopic (exact) mass is 548 g/mol. The number of nitrogens with zero attached hydrogens (tertiary/aromatic N) is 2. The number of hydrogen-bond donors (Lipinski definition) is 0. The van der Waals surface area contributed by atoms with E-state index in [-0.39, 0.29) is 0 Å². The van der Waals surface area contributed by atoms with E-state index in [9.17, 15) is 0 Å². The molecule has 3 heteroatoms. The summed E-state index contributed by atoms with van der Waals surface area (Å²) in [7, 11) is 0. The second kappa shape index (κ2) is 9.37. The van der Waals surface area contributed by atoms with Crippen LogP contribution >= 0.6 is 0 Å². The summed E-state index contributed by atoms with van der Waals surface area (Å²) in [4.78, 5) is 9.47. The third-order valence-electron chi connectivity index (χ3n) is 8.52. The first-order valence-electron chi connectivity index (χ1n) is 14.5. The van der Waals surface area contributed by atoms with Crippen LogP contribution in [0.15, 0.2) is 150 Å². The first-order valence-corrected chi connectivity index (χ1v) is 14.5. The van der Waals surface area contributed by atoms with E-state index < -0.39 is 0 Å². The minimum atomic E-state index is 0.899. The summed E-state index contributed by atoms with van der Waals surface area (Å²) in [6.45, 7) is 0. The molecular weight excluding hydrogens is 524 g/mol. The van der Waals surface area contributed by atoms with Crippen LogP contribution in [0.5, 0.6) is 0 Å². The van der Waals surface area contributed by atoms with Gasteiger partial charge in [-0.1, -0.05) is 84.9 Å². The molecular formula is C40H24N2O. The Morgan fingerprint density at radius 2 is 1.07 bits per heavy atom. The van der Waals surface area contributed by atoms with Crippen LogP contribution in [0.25, 0.3) is 87.9 Å². The quantitative estimate of drug-likeness (QED) is 0.206. The highest BCUT2D eigenvalue weighted by Gasteiger charge is 2.19. The largest absolute Gasteiger partial charge is 0.456 e. The molecule has 0 saturated carbocycles. The van der Waals surface area contributed by atoms with Crippen molar-refractivity contribution in [1.82, 2.24) is 9.97 Å². The zero-order valence-corrected chi connectivity index (χ0v) is 23.2. The van der Waals surface area contributed by atoms with Gasteiger partial charge in [-0.2, -0.15) is 0 Å². The Hall–Kier alpha value is -5.80. The summed E-state index contributed by atoms with van der Waals surface area (Å²) in [6.07, 6.45) is 3.66. The van der Waals surface area contributed by atoms with Gasteiger partial charge in [-0.3, -0.25) is 4.98 Å². The molecule has 0 aliphatic heterocycles. The fraction of sp³-hybridized carbons (Fsp3) is 0. The molecule has 0 unspecified atom stereocenters. The fourth-order valence-corrected chi connectivity index (χ4v) is 6.58. The third-order valence-corrected chi connectivity index (χ3v) is 8.52. The third kappa shape index (κ3) is 3.75. The maximum absolute atomic E-state index is 6.34. The molecule has 200 valence electrons. The molecule has 0 amide bonds. The Balaban J connectivity index is 1.33. The summed E-state index contributed by atoms with van der Waals surface area (Å²) in [5.41, 5.74) is 8.20. The Bertz CT molecular complexity index is 2450. The lowest BCUT2D eigenvalue weighted by atomic mass is 9.87. The molecule has 0 saturated heterocycles. The lowest BCUT2D eigenvalue weighted by Crippen LogP contribution is -1.93. The summed E-state index contributed by atoms with van der Waals surface area (Å²) in [5, 5.41) is 9.40. The lowest BCUT2D eigenvalue weighted by molar-refractivity contribution is 0.669. The first-order chi connectivity index (χ1) is 21.3. The fourth-order valence-electron chi connectivity index (χ4n) is 6.58. The van der Waals surface area contributed by atoms with Gasteiger partial charge in [0.15, 0.2) is 0 Å². The number of rotatable bonds is 3. The van der Waals surface area contributed by atoms with Crippen LogP contribution in [0, 0.1) is 0 Å². The van der Waals surface area contributed by atoms with Gasteiger partial charge in [-0.25, -0.2) is 4.98 Å². The molecule has 0 radical (unpaired) electrons. The van der Waals surface area contributed by atoms with Crippen LogP contribution in [-0.2, 0) is 0 Å². The molecule has 43 heavy (non-hydrogen) atoms. The zero-order valence-electron chi connectivity index (χ0n) is 23.2. The van der Waals surface area contributed by atoms with Gasteiger partial charge in [-0.15, -0.1) is 0 Å². The summed E-state index contributed by atoms with van der Waals surface area (Å²) in [5.74, 6) is 0. The molecule has 3 aromatic heterocycles. The molecule has 0 spiro atoms. The van der Waals surface area contributed by atoms with Gasteiger partial charge >= 0.3 is 0 Å². The maximum atomic E-state index is 6.34. The van der Waals surface area contributed by atoms with Crippen LogP contribution < -0.4 is 0 Å². The van der Waals surface area contributed by atoms with Crippen molar-refractivity contribution >= 4 is 54.3 Å². The van der Waals surface area contributed by atoms with Gasteiger partial charge in [0.25, 0.3) is 0 Å². The number of benzene rings is 6. The molecule has 0 aliphatic rings. The van der Waals surface area contributed by atoms with Crippen molar-refractivity contribution in [3.63, 3.8) is 0 Å². The lowest BCUT2D eigenvalue weighted by Gasteiger charge is -2.17. The number of pyridine rings is 2. The Morgan fingerprint density at radius 1 is 0.419 bits per heavy atom. The molecule has 9 aromatic rings. The minimum Gasteiger partial charge on any atom is -0.456 e. The van der Waals surface area contributed by atoms with Crippen molar-refractivity contribution in [2.45, 2.75) is 0 Å². The Labute approximate surface area is 247 Å². The average Bonchev–Trinajstić information content (AvgIpc) is 3.43. The van der Waals surface area contributed by atoms with Crippen LogP contribution in [0.2, 0.25) is 0 Å². The standard InChI is InChI=1S/C40H24N2O/c1-2-10-26-23-38-34(21-25(26)9-1)33-22-27(18-19-37(33)43-38)39-29-12-3-5-14-31(29)40(32-15-6-4-13-30(32)39)36-17-7-16-35(42-36)28-11-8-20-41-24-28/h1-24H. The highest BCUT2D eigenvalue weighted by molar-refractivity contribution is 6.22. The van der Waals surface area contributed by atoms with E-state index >= 15 is 0 Å². The molecule has 6 aromatic carbocycles. The highest BCUT2D eigenvalue weighted by Crippen LogP contribution is 2.44. The topological polar surface area (TPSA) is 38.9 Å². The summed E-state index contributed by atoms with van der Waals surface area (Å²) >= 11 is 0. The molecule has 0 N–H and O–H groups in total. The van der Waals surface area contributed by atoms with Gasteiger partial charge in [0.1, 0.15) is 11.2 Å². The Kier molecular flexibility index (Phi) is 5.20. The van der Waals surface area contributed by atoms with Gasteiger partial charge in [0, 0.05) is 34.3 Å². The summed E-state index contributed by atoms with van der Waals surface area (Å²) in [6, 6.07) is 47.1. The molecule has 0 aliphatic carbocycles. The van der Waals surface area contributed by atoms with Gasteiger partial charge < -0.3 is 4.42 Å². The van der Waals surface area contributed by atoms with E-state index in [2.05, 4.69) is 126 Å². The highest BCUT2D eigenvalue weighted by atomic mass is 16.3. The van der Waals surface area contributed by atoms with Crippen molar-refractivity contribution in [2.75, 3.05) is 0 Å². The van der Waals surface area contributed by atoms with E-state index in [1.54, 1.807) is 6.20 Å². The molecule has 9 rings (SSSR count). The van der Waals surface area contributed by atoms with E-state index in [1.807, 2.05) is 18.3 Å².